The first kappa shape index (κ1) is 15.3. The quantitative estimate of drug-likeness (QED) is 0.818. The third kappa shape index (κ3) is 3.86. The molecule has 0 fully saturated rings. The summed E-state index contributed by atoms with van der Waals surface area (Å²) in [6, 6.07) is 4.36. The van der Waals surface area contributed by atoms with Crippen LogP contribution in [0.25, 0.3) is 0 Å². The maximum Gasteiger partial charge on any atom is 0.242 e. The molecule has 4 nitrogen and oxygen atoms in total. The minimum atomic E-state index is -3.57. The van der Waals surface area contributed by atoms with Crippen LogP contribution in [-0.4, -0.2) is 15.0 Å². The van der Waals surface area contributed by atoms with Crippen molar-refractivity contribution in [3.05, 3.63) is 23.2 Å². The summed E-state index contributed by atoms with van der Waals surface area (Å²) in [6.07, 6.45) is 0. The van der Waals surface area contributed by atoms with Gasteiger partial charge in [0, 0.05) is 11.6 Å². The molecule has 102 valence electrons. The molecule has 1 unspecified atom stereocenters. The lowest BCUT2D eigenvalue weighted by Crippen LogP contribution is -2.30. The lowest BCUT2D eigenvalue weighted by atomic mass is 9.99. The molecule has 0 aliphatic heterocycles. The van der Waals surface area contributed by atoms with Gasteiger partial charge >= 0.3 is 0 Å². The fourth-order valence-electron chi connectivity index (χ4n) is 1.32. The Hall–Kier alpha value is -0.780. The summed E-state index contributed by atoms with van der Waals surface area (Å²) in [7, 11) is -3.57. The van der Waals surface area contributed by atoms with Crippen LogP contribution < -0.4 is 10.5 Å². The number of nitrogen functional groups attached to an aromatic ring is 1. The summed E-state index contributed by atoms with van der Waals surface area (Å²) in [5.41, 5.74) is 5.83. The average molecular weight is 291 g/mol. The zero-order valence-electron chi connectivity index (χ0n) is 10.8. The predicted octanol–water partition coefficient (Wildman–Crippen LogP) is 2.49. The van der Waals surface area contributed by atoms with Crippen molar-refractivity contribution < 1.29 is 8.42 Å². The zero-order valence-corrected chi connectivity index (χ0v) is 12.3. The van der Waals surface area contributed by atoms with Crippen molar-refractivity contribution in [2.45, 2.75) is 25.7 Å². The second-order valence-electron chi connectivity index (χ2n) is 4.76. The normalized spacial score (nSPS) is 13.8. The highest BCUT2D eigenvalue weighted by Gasteiger charge is 2.19. The standard InChI is InChI=1S/C12H19ClN2O2S/c1-8(2)9(3)7-15-18(16,17)12-5-4-10(13)6-11(12)14/h4-6,8-9,15H,7,14H2,1-3H3. The molecule has 1 rings (SSSR count). The Balaban J connectivity index is 2.87. The van der Waals surface area contributed by atoms with Gasteiger partial charge in [0.2, 0.25) is 10.0 Å². The Labute approximate surface area is 114 Å². The molecule has 0 saturated carbocycles. The van der Waals surface area contributed by atoms with Crippen LogP contribution in [0.2, 0.25) is 5.02 Å². The maximum absolute atomic E-state index is 12.1. The molecule has 0 spiro atoms. The Kier molecular flexibility index (Phi) is 5.01. The first-order chi connectivity index (χ1) is 8.24. The molecule has 1 atom stereocenters. The van der Waals surface area contributed by atoms with Gasteiger partial charge in [-0.2, -0.15) is 0 Å². The summed E-state index contributed by atoms with van der Waals surface area (Å²) in [6.45, 7) is 6.49. The molecule has 1 aromatic rings. The van der Waals surface area contributed by atoms with E-state index in [2.05, 4.69) is 18.6 Å². The molecule has 0 aliphatic rings. The molecule has 18 heavy (non-hydrogen) atoms. The van der Waals surface area contributed by atoms with Gasteiger partial charge in [-0.1, -0.05) is 32.4 Å². The Morgan fingerprint density at radius 3 is 2.44 bits per heavy atom. The van der Waals surface area contributed by atoms with Crippen LogP contribution in [0.3, 0.4) is 0 Å². The van der Waals surface area contributed by atoms with Gasteiger partial charge in [0.25, 0.3) is 0 Å². The van der Waals surface area contributed by atoms with Gasteiger partial charge in [0.15, 0.2) is 0 Å². The molecule has 1 aromatic carbocycles. The highest BCUT2D eigenvalue weighted by molar-refractivity contribution is 7.89. The minimum absolute atomic E-state index is 0.0721. The molecule has 3 N–H and O–H groups in total. The molecule has 0 amide bonds. The van der Waals surface area contributed by atoms with Crippen LogP contribution in [0.4, 0.5) is 5.69 Å². The highest BCUT2D eigenvalue weighted by Crippen LogP contribution is 2.22. The van der Waals surface area contributed by atoms with E-state index < -0.39 is 10.0 Å². The molecular weight excluding hydrogens is 272 g/mol. The number of sulfonamides is 1. The van der Waals surface area contributed by atoms with Crippen LogP contribution in [0.1, 0.15) is 20.8 Å². The molecule has 0 aromatic heterocycles. The smallest absolute Gasteiger partial charge is 0.242 e. The van der Waals surface area contributed by atoms with Gasteiger partial charge in [-0.3, -0.25) is 0 Å². The number of hydrogen-bond acceptors (Lipinski definition) is 3. The number of halogens is 1. The van der Waals surface area contributed by atoms with Crippen molar-refractivity contribution in [1.29, 1.82) is 0 Å². The van der Waals surface area contributed by atoms with E-state index in [0.717, 1.165) is 0 Å². The van der Waals surface area contributed by atoms with Gasteiger partial charge in [-0.05, 0) is 30.0 Å². The summed E-state index contributed by atoms with van der Waals surface area (Å²) in [5, 5.41) is 0.419. The fraction of sp³-hybridized carbons (Fsp3) is 0.500. The Morgan fingerprint density at radius 2 is 1.94 bits per heavy atom. The molecular formula is C12H19ClN2O2S. The molecule has 0 saturated heterocycles. The van der Waals surface area contributed by atoms with Crippen molar-refractivity contribution in [1.82, 2.24) is 4.72 Å². The van der Waals surface area contributed by atoms with Gasteiger partial charge in [-0.25, -0.2) is 13.1 Å². The number of hydrogen-bond donors (Lipinski definition) is 2. The van der Waals surface area contributed by atoms with Gasteiger partial charge in [-0.15, -0.1) is 0 Å². The minimum Gasteiger partial charge on any atom is -0.398 e. The van der Waals surface area contributed by atoms with E-state index in [1.54, 1.807) is 0 Å². The van der Waals surface area contributed by atoms with Crippen LogP contribution in [0.15, 0.2) is 23.1 Å². The molecule has 0 aliphatic carbocycles. The second kappa shape index (κ2) is 5.91. The predicted molar refractivity (Wildman–Crippen MR) is 75.1 cm³/mol. The monoisotopic (exact) mass is 290 g/mol. The zero-order chi connectivity index (χ0) is 13.9. The summed E-state index contributed by atoms with van der Waals surface area (Å²) >= 11 is 5.74. The van der Waals surface area contributed by atoms with Crippen LogP contribution in [-0.2, 0) is 10.0 Å². The summed E-state index contributed by atoms with van der Waals surface area (Å²) in [4.78, 5) is 0.0721. The van der Waals surface area contributed by atoms with Crippen molar-refractivity contribution in [2.24, 2.45) is 11.8 Å². The van der Waals surface area contributed by atoms with Crippen molar-refractivity contribution >= 4 is 27.3 Å². The molecule has 0 heterocycles. The van der Waals surface area contributed by atoms with E-state index >= 15 is 0 Å². The third-order valence-corrected chi connectivity index (χ3v) is 4.73. The number of benzene rings is 1. The number of nitrogens with one attached hydrogen (secondary N) is 1. The van der Waals surface area contributed by atoms with Gasteiger partial charge in [0.05, 0.1) is 5.69 Å². The summed E-state index contributed by atoms with van der Waals surface area (Å²) < 4.78 is 26.7. The van der Waals surface area contributed by atoms with Gasteiger partial charge in [0.1, 0.15) is 4.90 Å². The third-order valence-electron chi connectivity index (χ3n) is 2.99. The van der Waals surface area contributed by atoms with E-state index in [1.807, 2.05) is 6.92 Å². The van der Waals surface area contributed by atoms with Crippen molar-refractivity contribution in [3.63, 3.8) is 0 Å². The average Bonchev–Trinajstić information content (AvgIpc) is 2.25. The van der Waals surface area contributed by atoms with Crippen molar-refractivity contribution in [2.75, 3.05) is 12.3 Å². The van der Waals surface area contributed by atoms with E-state index in [0.29, 0.717) is 17.5 Å². The number of rotatable bonds is 5. The first-order valence-electron chi connectivity index (χ1n) is 5.78. The van der Waals surface area contributed by atoms with Crippen molar-refractivity contribution in [3.8, 4) is 0 Å². The number of anilines is 1. The number of nitrogens with two attached hydrogens (primary N) is 1. The van der Waals surface area contributed by atoms with Gasteiger partial charge < -0.3 is 5.73 Å². The van der Waals surface area contributed by atoms with Crippen LogP contribution in [0.5, 0.6) is 0 Å². The Morgan fingerprint density at radius 1 is 1.33 bits per heavy atom. The van der Waals surface area contributed by atoms with Crippen LogP contribution in [0, 0.1) is 11.8 Å². The lowest BCUT2D eigenvalue weighted by molar-refractivity contribution is 0.414. The first-order valence-corrected chi connectivity index (χ1v) is 7.65. The van der Waals surface area contributed by atoms with E-state index in [4.69, 9.17) is 17.3 Å². The largest absolute Gasteiger partial charge is 0.398 e. The highest BCUT2D eigenvalue weighted by atomic mass is 35.5. The second-order valence-corrected chi connectivity index (χ2v) is 6.93. The molecule has 0 radical (unpaired) electrons. The SMILES string of the molecule is CC(C)C(C)CNS(=O)(=O)c1ccc(Cl)cc1N. The topological polar surface area (TPSA) is 72.2 Å². The van der Waals surface area contributed by atoms with Crippen LogP contribution >= 0.6 is 11.6 Å². The maximum atomic E-state index is 12.1. The lowest BCUT2D eigenvalue weighted by Gasteiger charge is -2.16. The Bertz CT molecular complexity index is 515. The molecule has 6 heteroatoms. The summed E-state index contributed by atoms with van der Waals surface area (Å²) in [5.74, 6) is 0.670. The molecule has 0 bridgehead atoms. The van der Waals surface area contributed by atoms with E-state index in [9.17, 15) is 8.42 Å². The van der Waals surface area contributed by atoms with E-state index in [-0.39, 0.29) is 16.5 Å². The fourth-order valence-corrected chi connectivity index (χ4v) is 2.75. The van der Waals surface area contributed by atoms with E-state index in [1.165, 1.54) is 18.2 Å².